The SMILES string of the molecule is Cc1ncc([N+](=O)[O-])n1CC(C)OC(=O)CCC(=O)O. The number of carboxylic acid groups (broad SMARTS) is 1. The van der Waals surface area contributed by atoms with Crippen LogP contribution in [-0.4, -0.2) is 37.6 Å². The number of rotatable bonds is 7. The van der Waals surface area contributed by atoms with Gasteiger partial charge in [-0.15, -0.1) is 0 Å². The molecule has 20 heavy (non-hydrogen) atoms. The molecule has 0 saturated carbocycles. The second kappa shape index (κ2) is 6.64. The maximum absolute atomic E-state index is 11.3. The van der Waals surface area contributed by atoms with Gasteiger partial charge in [0, 0.05) is 6.92 Å². The summed E-state index contributed by atoms with van der Waals surface area (Å²) in [6.07, 6.45) is -0.0303. The standard InChI is InChI=1S/C11H15N3O6/c1-7(20-11(17)4-3-10(15)16)6-13-8(2)12-5-9(13)14(18)19/h5,7H,3-4,6H2,1-2H3,(H,15,16). The summed E-state index contributed by atoms with van der Waals surface area (Å²) >= 11 is 0. The second-order valence-corrected chi connectivity index (χ2v) is 4.23. The molecule has 1 rings (SSSR count). The first kappa shape index (κ1) is 15.6. The lowest BCUT2D eigenvalue weighted by atomic mass is 10.3. The molecule has 0 saturated heterocycles. The van der Waals surface area contributed by atoms with E-state index in [-0.39, 0.29) is 25.2 Å². The normalized spacial score (nSPS) is 11.9. The molecule has 0 fully saturated rings. The van der Waals surface area contributed by atoms with E-state index < -0.39 is 23.0 Å². The van der Waals surface area contributed by atoms with Crippen LogP contribution in [0.25, 0.3) is 0 Å². The fraction of sp³-hybridized carbons (Fsp3) is 0.545. The Bertz CT molecular complexity index is 524. The van der Waals surface area contributed by atoms with Gasteiger partial charge in [0.1, 0.15) is 18.8 Å². The molecule has 110 valence electrons. The largest absolute Gasteiger partial charge is 0.481 e. The van der Waals surface area contributed by atoms with E-state index in [9.17, 15) is 19.7 Å². The number of nitrogens with zero attached hydrogens (tertiary/aromatic N) is 3. The third-order valence-electron chi connectivity index (χ3n) is 2.54. The molecule has 0 aliphatic carbocycles. The Kier molecular flexibility index (Phi) is 5.18. The minimum absolute atomic E-state index is 0.0843. The molecule has 9 nitrogen and oxygen atoms in total. The van der Waals surface area contributed by atoms with Crippen LogP contribution in [0.15, 0.2) is 6.20 Å². The molecule has 0 aliphatic heterocycles. The molecule has 0 radical (unpaired) electrons. The lowest BCUT2D eigenvalue weighted by Gasteiger charge is -2.12. The van der Waals surface area contributed by atoms with Crippen molar-refractivity contribution in [1.29, 1.82) is 0 Å². The van der Waals surface area contributed by atoms with Crippen LogP contribution >= 0.6 is 0 Å². The van der Waals surface area contributed by atoms with E-state index in [0.717, 1.165) is 6.20 Å². The third-order valence-corrected chi connectivity index (χ3v) is 2.54. The fourth-order valence-electron chi connectivity index (χ4n) is 1.61. The van der Waals surface area contributed by atoms with Crippen LogP contribution in [0.4, 0.5) is 5.82 Å². The number of imidazole rings is 1. The molecule has 0 amide bonds. The second-order valence-electron chi connectivity index (χ2n) is 4.23. The lowest BCUT2D eigenvalue weighted by molar-refractivity contribution is -0.392. The van der Waals surface area contributed by atoms with Crippen LogP contribution in [0.5, 0.6) is 0 Å². The maximum Gasteiger partial charge on any atom is 0.342 e. The van der Waals surface area contributed by atoms with Crippen molar-refractivity contribution < 1.29 is 24.4 Å². The number of aromatic nitrogens is 2. The van der Waals surface area contributed by atoms with Gasteiger partial charge in [0.2, 0.25) is 0 Å². The molecule has 9 heteroatoms. The Morgan fingerprint density at radius 1 is 1.55 bits per heavy atom. The molecule has 1 atom stereocenters. The van der Waals surface area contributed by atoms with E-state index >= 15 is 0 Å². The summed E-state index contributed by atoms with van der Waals surface area (Å²) in [6, 6.07) is 0. The van der Waals surface area contributed by atoms with Crippen LogP contribution in [0, 0.1) is 17.0 Å². The van der Waals surface area contributed by atoms with Gasteiger partial charge in [0.15, 0.2) is 5.82 Å². The monoisotopic (exact) mass is 285 g/mol. The van der Waals surface area contributed by atoms with Gasteiger partial charge in [-0.05, 0) is 11.8 Å². The molecule has 1 aromatic rings. The van der Waals surface area contributed by atoms with Crippen molar-refractivity contribution in [3.05, 3.63) is 22.1 Å². The van der Waals surface area contributed by atoms with Gasteiger partial charge in [-0.1, -0.05) is 0 Å². The van der Waals surface area contributed by atoms with Gasteiger partial charge in [0.05, 0.1) is 12.8 Å². The van der Waals surface area contributed by atoms with E-state index in [0.29, 0.717) is 5.82 Å². The first-order chi connectivity index (χ1) is 9.31. The number of carboxylic acids is 1. The average molecular weight is 285 g/mol. The molecular formula is C11H15N3O6. The number of aliphatic carboxylic acids is 1. The number of hydrogen-bond acceptors (Lipinski definition) is 6. The number of nitro groups is 1. The third kappa shape index (κ3) is 4.34. The minimum atomic E-state index is -1.09. The topological polar surface area (TPSA) is 125 Å². The van der Waals surface area contributed by atoms with Crippen molar-refractivity contribution >= 4 is 17.8 Å². The van der Waals surface area contributed by atoms with E-state index in [1.54, 1.807) is 13.8 Å². The van der Waals surface area contributed by atoms with Crippen molar-refractivity contribution in [3.63, 3.8) is 0 Å². The van der Waals surface area contributed by atoms with Gasteiger partial charge in [0.25, 0.3) is 0 Å². The molecule has 0 aromatic carbocycles. The number of hydrogen-bond donors (Lipinski definition) is 1. The molecule has 1 heterocycles. The van der Waals surface area contributed by atoms with Crippen LogP contribution < -0.4 is 0 Å². The predicted octanol–water partition coefficient (Wildman–Crippen LogP) is 0.896. The first-order valence-corrected chi connectivity index (χ1v) is 5.89. The lowest BCUT2D eigenvalue weighted by Crippen LogP contribution is -2.22. The highest BCUT2D eigenvalue weighted by Gasteiger charge is 2.21. The number of carbonyl (C=O) groups is 2. The predicted molar refractivity (Wildman–Crippen MR) is 66.0 cm³/mol. The van der Waals surface area contributed by atoms with E-state index in [1.165, 1.54) is 4.57 Å². The summed E-state index contributed by atoms with van der Waals surface area (Å²) in [5, 5.41) is 19.2. The number of aryl methyl sites for hydroxylation is 1. The zero-order chi connectivity index (χ0) is 15.3. The van der Waals surface area contributed by atoms with Crippen LogP contribution in [-0.2, 0) is 20.9 Å². The molecule has 1 aromatic heterocycles. The molecule has 0 aliphatic rings. The number of esters is 1. The van der Waals surface area contributed by atoms with Gasteiger partial charge in [-0.2, -0.15) is 0 Å². The van der Waals surface area contributed by atoms with E-state index in [2.05, 4.69) is 4.98 Å². The Morgan fingerprint density at radius 2 is 2.20 bits per heavy atom. The first-order valence-electron chi connectivity index (χ1n) is 5.89. The van der Waals surface area contributed by atoms with E-state index in [1.807, 2.05) is 0 Å². The van der Waals surface area contributed by atoms with Crippen molar-refractivity contribution in [3.8, 4) is 0 Å². The minimum Gasteiger partial charge on any atom is -0.481 e. The number of ether oxygens (including phenoxy) is 1. The van der Waals surface area contributed by atoms with Crippen LogP contribution in [0.1, 0.15) is 25.6 Å². The smallest absolute Gasteiger partial charge is 0.342 e. The Morgan fingerprint density at radius 3 is 2.75 bits per heavy atom. The van der Waals surface area contributed by atoms with Gasteiger partial charge < -0.3 is 20.0 Å². The van der Waals surface area contributed by atoms with Gasteiger partial charge in [-0.3, -0.25) is 9.59 Å². The highest BCUT2D eigenvalue weighted by atomic mass is 16.6. The zero-order valence-corrected chi connectivity index (χ0v) is 11.1. The summed E-state index contributed by atoms with van der Waals surface area (Å²) in [4.78, 5) is 35.7. The molecule has 1 unspecified atom stereocenters. The van der Waals surface area contributed by atoms with Gasteiger partial charge >= 0.3 is 17.8 Å². The zero-order valence-electron chi connectivity index (χ0n) is 11.1. The molecule has 0 bridgehead atoms. The van der Waals surface area contributed by atoms with Crippen molar-refractivity contribution in [2.75, 3.05) is 0 Å². The van der Waals surface area contributed by atoms with Crippen LogP contribution in [0.3, 0.4) is 0 Å². The summed E-state index contributed by atoms with van der Waals surface area (Å²) in [5.41, 5.74) is 0. The molecule has 1 N–H and O–H groups in total. The Hall–Kier alpha value is -2.45. The van der Waals surface area contributed by atoms with Gasteiger partial charge in [-0.25, -0.2) is 9.55 Å². The van der Waals surface area contributed by atoms with Crippen molar-refractivity contribution in [1.82, 2.24) is 9.55 Å². The summed E-state index contributed by atoms with van der Waals surface area (Å²) in [7, 11) is 0. The van der Waals surface area contributed by atoms with Crippen LogP contribution in [0.2, 0.25) is 0 Å². The molecular weight excluding hydrogens is 270 g/mol. The maximum atomic E-state index is 11.3. The Balaban J connectivity index is 2.60. The van der Waals surface area contributed by atoms with Crippen molar-refractivity contribution in [2.45, 2.75) is 39.3 Å². The van der Waals surface area contributed by atoms with Crippen molar-refractivity contribution in [2.24, 2.45) is 0 Å². The highest BCUT2D eigenvalue weighted by Crippen LogP contribution is 2.15. The molecule has 0 spiro atoms. The fourth-order valence-corrected chi connectivity index (χ4v) is 1.61. The summed E-state index contributed by atoms with van der Waals surface area (Å²) < 4.78 is 6.32. The van der Waals surface area contributed by atoms with E-state index in [4.69, 9.17) is 9.84 Å². The average Bonchev–Trinajstić information content (AvgIpc) is 2.68. The number of carbonyl (C=O) groups excluding carboxylic acids is 1. The Labute approximate surface area is 114 Å². The summed E-state index contributed by atoms with van der Waals surface area (Å²) in [5.74, 6) is -1.49. The summed E-state index contributed by atoms with van der Waals surface area (Å²) in [6.45, 7) is 3.26. The highest BCUT2D eigenvalue weighted by molar-refractivity contribution is 5.76. The quantitative estimate of drug-likeness (QED) is 0.448.